The van der Waals surface area contributed by atoms with Crippen LogP contribution in [-0.4, -0.2) is 21.5 Å². The molecule has 23 heavy (non-hydrogen) atoms. The van der Waals surface area contributed by atoms with E-state index in [0.29, 0.717) is 22.6 Å². The van der Waals surface area contributed by atoms with Crippen molar-refractivity contribution in [3.05, 3.63) is 47.5 Å². The Bertz CT molecular complexity index is 853. The van der Waals surface area contributed by atoms with Gasteiger partial charge in [-0.25, -0.2) is 8.42 Å². The zero-order valence-corrected chi connectivity index (χ0v) is 14.2. The number of esters is 1. The minimum absolute atomic E-state index is 0.182. The van der Waals surface area contributed by atoms with Gasteiger partial charge in [0.05, 0.1) is 16.9 Å². The predicted octanol–water partition coefficient (Wildman–Crippen LogP) is 3.07. The molecule has 0 saturated heterocycles. The van der Waals surface area contributed by atoms with Crippen LogP contribution in [0, 0.1) is 13.8 Å². The Morgan fingerprint density at radius 2 is 1.39 bits per heavy atom. The first-order chi connectivity index (χ1) is 10.8. The standard InChI is InChI=1S/C17H18O5S/c1-11-9-14(21-4)5-7-16(11)23(19,20)17-8-6-15(10-12(17)2)22-13(3)18/h5-10H,1-4H3. The molecule has 0 saturated carbocycles. The molecular formula is C17H18O5S. The third-order valence-electron chi connectivity index (χ3n) is 3.37. The van der Waals surface area contributed by atoms with Gasteiger partial charge < -0.3 is 9.47 Å². The number of ether oxygens (including phenoxy) is 2. The Morgan fingerprint density at radius 1 is 0.913 bits per heavy atom. The number of hydrogen-bond acceptors (Lipinski definition) is 5. The van der Waals surface area contributed by atoms with Crippen molar-refractivity contribution in [3.63, 3.8) is 0 Å². The van der Waals surface area contributed by atoms with Crippen molar-refractivity contribution in [2.45, 2.75) is 30.6 Å². The van der Waals surface area contributed by atoms with Crippen molar-refractivity contribution in [1.82, 2.24) is 0 Å². The second-order valence-electron chi connectivity index (χ2n) is 5.16. The Morgan fingerprint density at radius 3 is 1.83 bits per heavy atom. The summed E-state index contributed by atoms with van der Waals surface area (Å²) in [6, 6.07) is 9.28. The van der Waals surface area contributed by atoms with Gasteiger partial charge in [-0.1, -0.05) is 0 Å². The molecule has 5 nitrogen and oxygen atoms in total. The van der Waals surface area contributed by atoms with Crippen LogP contribution in [0.5, 0.6) is 11.5 Å². The Hall–Kier alpha value is -2.34. The van der Waals surface area contributed by atoms with Gasteiger partial charge in [-0.05, 0) is 61.4 Å². The monoisotopic (exact) mass is 334 g/mol. The molecule has 0 atom stereocenters. The fraction of sp³-hybridized carbons (Fsp3) is 0.235. The maximum absolute atomic E-state index is 12.9. The molecule has 0 N–H and O–H groups in total. The summed E-state index contributed by atoms with van der Waals surface area (Å²) in [7, 11) is -2.14. The number of hydrogen-bond donors (Lipinski definition) is 0. The second-order valence-corrected chi connectivity index (χ2v) is 7.04. The summed E-state index contributed by atoms with van der Waals surface area (Å²) < 4.78 is 35.8. The normalized spacial score (nSPS) is 11.1. The molecule has 0 heterocycles. The maximum Gasteiger partial charge on any atom is 0.308 e. The largest absolute Gasteiger partial charge is 0.497 e. The fourth-order valence-corrected chi connectivity index (χ4v) is 4.02. The topological polar surface area (TPSA) is 69.7 Å². The van der Waals surface area contributed by atoms with Crippen molar-refractivity contribution in [1.29, 1.82) is 0 Å². The quantitative estimate of drug-likeness (QED) is 0.635. The first-order valence-corrected chi connectivity index (χ1v) is 8.43. The fourth-order valence-electron chi connectivity index (χ4n) is 2.32. The molecule has 0 amide bonds. The smallest absolute Gasteiger partial charge is 0.308 e. The Balaban J connectivity index is 2.50. The first kappa shape index (κ1) is 17.0. The summed E-state index contributed by atoms with van der Waals surface area (Å²) in [4.78, 5) is 11.4. The molecule has 0 aliphatic carbocycles. The molecule has 0 bridgehead atoms. The molecule has 2 aromatic carbocycles. The minimum atomic E-state index is -3.67. The zero-order chi connectivity index (χ0) is 17.2. The van der Waals surface area contributed by atoms with Crippen LogP contribution in [0.15, 0.2) is 46.2 Å². The first-order valence-electron chi connectivity index (χ1n) is 6.94. The molecule has 2 rings (SSSR count). The lowest BCUT2D eigenvalue weighted by atomic mass is 10.2. The van der Waals surface area contributed by atoms with Crippen LogP contribution in [0.25, 0.3) is 0 Å². The van der Waals surface area contributed by atoms with E-state index < -0.39 is 15.8 Å². The van der Waals surface area contributed by atoms with Gasteiger partial charge in [0.15, 0.2) is 0 Å². The molecule has 6 heteroatoms. The summed E-state index contributed by atoms with van der Waals surface area (Å²) in [6.45, 7) is 4.68. The average molecular weight is 334 g/mol. The van der Waals surface area contributed by atoms with Crippen LogP contribution >= 0.6 is 0 Å². The second kappa shape index (κ2) is 6.42. The van der Waals surface area contributed by atoms with E-state index >= 15 is 0 Å². The van der Waals surface area contributed by atoms with Crippen LogP contribution < -0.4 is 9.47 Å². The highest BCUT2D eigenvalue weighted by Gasteiger charge is 2.22. The van der Waals surface area contributed by atoms with E-state index in [1.807, 2.05) is 0 Å². The van der Waals surface area contributed by atoms with Crippen LogP contribution in [0.3, 0.4) is 0 Å². The molecule has 0 aliphatic rings. The summed E-state index contributed by atoms with van der Waals surface area (Å²) in [5.74, 6) is 0.467. The Labute approximate surface area is 135 Å². The van der Waals surface area contributed by atoms with E-state index in [0.717, 1.165) is 0 Å². The summed E-state index contributed by atoms with van der Waals surface area (Å²) >= 11 is 0. The van der Waals surface area contributed by atoms with Gasteiger partial charge in [-0.15, -0.1) is 0 Å². The van der Waals surface area contributed by atoms with E-state index in [1.165, 1.54) is 38.3 Å². The van der Waals surface area contributed by atoms with Gasteiger partial charge in [0.1, 0.15) is 11.5 Å². The lowest BCUT2D eigenvalue weighted by Gasteiger charge is -2.12. The number of carbonyl (C=O) groups is 1. The molecule has 0 aliphatic heterocycles. The SMILES string of the molecule is COc1ccc(S(=O)(=O)c2ccc(OC(C)=O)cc2C)c(C)c1. The third kappa shape index (κ3) is 3.53. The number of carbonyl (C=O) groups excluding carboxylic acids is 1. The number of benzene rings is 2. The molecule has 122 valence electrons. The van der Waals surface area contributed by atoms with Crippen molar-refractivity contribution in [2.75, 3.05) is 7.11 Å². The highest BCUT2D eigenvalue weighted by Crippen LogP contribution is 2.30. The predicted molar refractivity (Wildman–Crippen MR) is 85.7 cm³/mol. The molecule has 2 aromatic rings. The third-order valence-corrected chi connectivity index (χ3v) is 5.44. The molecular weight excluding hydrogens is 316 g/mol. The van der Waals surface area contributed by atoms with Crippen LogP contribution in [0.4, 0.5) is 0 Å². The van der Waals surface area contributed by atoms with Crippen LogP contribution in [0.1, 0.15) is 18.1 Å². The van der Waals surface area contributed by atoms with Crippen molar-refractivity contribution < 1.29 is 22.7 Å². The van der Waals surface area contributed by atoms with Gasteiger partial charge in [0.25, 0.3) is 0 Å². The van der Waals surface area contributed by atoms with E-state index in [-0.39, 0.29) is 9.79 Å². The van der Waals surface area contributed by atoms with Crippen molar-refractivity contribution >= 4 is 15.8 Å². The summed E-state index contributed by atoms with van der Waals surface area (Å²) in [6.07, 6.45) is 0. The van der Waals surface area contributed by atoms with Gasteiger partial charge in [0, 0.05) is 6.92 Å². The van der Waals surface area contributed by atoms with E-state index in [9.17, 15) is 13.2 Å². The molecule has 0 fully saturated rings. The van der Waals surface area contributed by atoms with E-state index in [2.05, 4.69) is 0 Å². The summed E-state index contributed by atoms with van der Waals surface area (Å²) in [5, 5.41) is 0. The Kier molecular flexibility index (Phi) is 4.75. The van der Waals surface area contributed by atoms with Crippen LogP contribution in [-0.2, 0) is 14.6 Å². The number of sulfone groups is 1. The zero-order valence-electron chi connectivity index (χ0n) is 13.4. The molecule has 0 spiro atoms. The average Bonchev–Trinajstić information content (AvgIpc) is 2.45. The van der Waals surface area contributed by atoms with E-state index in [4.69, 9.17) is 9.47 Å². The summed E-state index contributed by atoms with van der Waals surface area (Å²) in [5.41, 5.74) is 1.12. The number of methoxy groups -OCH3 is 1. The van der Waals surface area contributed by atoms with E-state index in [1.54, 1.807) is 26.0 Å². The highest BCUT2D eigenvalue weighted by molar-refractivity contribution is 7.91. The van der Waals surface area contributed by atoms with Gasteiger partial charge >= 0.3 is 5.97 Å². The number of aryl methyl sites for hydroxylation is 2. The lowest BCUT2D eigenvalue weighted by molar-refractivity contribution is -0.131. The van der Waals surface area contributed by atoms with Crippen LogP contribution in [0.2, 0.25) is 0 Å². The van der Waals surface area contributed by atoms with Gasteiger partial charge in [-0.3, -0.25) is 4.79 Å². The molecule has 0 aromatic heterocycles. The molecule has 0 radical (unpaired) electrons. The van der Waals surface area contributed by atoms with Crippen molar-refractivity contribution in [3.8, 4) is 11.5 Å². The molecule has 0 unspecified atom stereocenters. The van der Waals surface area contributed by atoms with Gasteiger partial charge in [0.2, 0.25) is 9.84 Å². The van der Waals surface area contributed by atoms with Crippen molar-refractivity contribution in [2.24, 2.45) is 0 Å². The highest BCUT2D eigenvalue weighted by atomic mass is 32.2. The minimum Gasteiger partial charge on any atom is -0.497 e. The number of rotatable bonds is 4. The van der Waals surface area contributed by atoms with Gasteiger partial charge in [-0.2, -0.15) is 0 Å². The maximum atomic E-state index is 12.9. The lowest BCUT2D eigenvalue weighted by Crippen LogP contribution is -2.07.